The minimum absolute atomic E-state index is 0.0227. The lowest BCUT2D eigenvalue weighted by molar-refractivity contribution is 0.195. The second kappa shape index (κ2) is 11.6. The Morgan fingerprint density at radius 1 is 0.481 bits per heavy atom. The third-order valence-electron chi connectivity index (χ3n) is 12.9. The van der Waals surface area contributed by atoms with Gasteiger partial charge in [-0.3, -0.25) is 0 Å². The summed E-state index contributed by atoms with van der Waals surface area (Å²) in [5.74, 6) is 0. The van der Waals surface area contributed by atoms with E-state index in [4.69, 9.17) is 4.98 Å². The normalized spacial score (nSPS) is 20.8. The highest BCUT2D eigenvalue weighted by Gasteiger charge is 2.57. The summed E-state index contributed by atoms with van der Waals surface area (Å²) >= 11 is 0. The van der Waals surface area contributed by atoms with E-state index in [0.29, 0.717) is 0 Å². The van der Waals surface area contributed by atoms with Gasteiger partial charge in [-0.2, -0.15) is 0 Å². The van der Waals surface area contributed by atoms with Gasteiger partial charge in [-0.1, -0.05) is 147 Å². The Labute approximate surface area is 307 Å². The zero-order valence-electron chi connectivity index (χ0n) is 29.9. The largest absolute Gasteiger partial charge is 0.334 e. The van der Waals surface area contributed by atoms with Gasteiger partial charge in [0.25, 0.3) is 0 Å². The van der Waals surface area contributed by atoms with E-state index in [1.807, 2.05) is 0 Å². The molecule has 2 unspecified atom stereocenters. The van der Waals surface area contributed by atoms with E-state index in [9.17, 15) is 0 Å². The van der Waals surface area contributed by atoms with Crippen LogP contribution in [0.1, 0.15) is 67.3 Å². The molecule has 0 saturated heterocycles. The van der Waals surface area contributed by atoms with Crippen LogP contribution in [0.2, 0.25) is 0 Å². The standard InChI is InChI=1S/C50H42N2/c1-48-31-14-15-32-49(48,2)52(39-21-10-5-11-22-39)47-30-28-36(34-44(47)48)46-26-16-25-45(51-46)35-27-29-41-40-23-12-13-24-42(40)50(43(41)33-35,37-17-6-3-7-18-37)38-19-8-4-9-20-38/h3-13,16-30,33-34H,14-15,31-32H2,1-2H3. The average molecular weight is 671 g/mol. The Hall–Kier alpha value is -5.73. The van der Waals surface area contributed by atoms with Gasteiger partial charge < -0.3 is 4.90 Å². The molecule has 2 nitrogen and oxygen atoms in total. The lowest BCUT2D eigenvalue weighted by Crippen LogP contribution is -2.54. The number of anilines is 2. The van der Waals surface area contributed by atoms with Crippen LogP contribution in [0, 0.1) is 0 Å². The summed E-state index contributed by atoms with van der Waals surface area (Å²) in [5, 5.41) is 0. The molecule has 2 aliphatic carbocycles. The molecular weight excluding hydrogens is 629 g/mol. The molecule has 1 aliphatic heterocycles. The number of hydrogen-bond acceptors (Lipinski definition) is 2. The van der Waals surface area contributed by atoms with E-state index in [-0.39, 0.29) is 11.0 Å². The molecule has 1 fully saturated rings. The molecular formula is C50H42N2. The predicted molar refractivity (Wildman–Crippen MR) is 215 cm³/mol. The lowest BCUT2D eigenvalue weighted by atomic mass is 9.61. The van der Waals surface area contributed by atoms with Gasteiger partial charge in [-0.05, 0) is 101 Å². The number of para-hydroxylation sites is 1. The van der Waals surface area contributed by atoms with Gasteiger partial charge in [-0.15, -0.1) is 0 Å². The number of pyridine rings is 1. The van der Waals surface area contributed by atoms with Crippen molar-refractivity contribution in [2.75, 3.05) is 4.90 Å². The van der Waals surface area contributed by atoms with Gasteiger partial charge in [0.05, 0.1) is 22.3 Å². The highest BCUT2D eigenvalue weighted by molar-refractivity contribution is 5.88. The van der Waals surface area contributed by atoms with E-state index in [1.54, 1.807) is 0 Å². The molecule has 252 valence electrons. The van der Waals surface area contributed by atoms with Crippen LogP contribution in [0.4, 0.5) is 11.4 Å². The van der Waals surface area contributed by atoms with Crippen molar-refractivity contribution in [1.82, 2.24) is 4.98 Å². The molecule has 0 spiro atoms. The quantitative estimate of drug-likeness (QED) is 0.181. The summed E-state index contributed by atoms with van der Waals surface area (Å²) in [7, 11) is 0. The van der Waals surface area contributed by atoms with Gasteiger partial charge in [0.15, 0.2) is 0 Å². The van der Waals surface area contributed by atoms with Crippen LogP contribution in [0.15, 0.2) is 170 Å². The SMILES string of the molecule is CC12CCCCC1(C)N(c1ccccc1)c1ccc(-c3cccc(-c4ccc5c(c4)C(c4ccccc4)(c4ccccc4)c4ccccc4-5)n3)cc12. The lowest BCUT2D eigenvalue weighted by Gasteiger charge is -2.50. The Kier molecular flexibility index (Phi) is 6.95. The van der Waals surface area contributed by atoms with Crippen LogP contribution in [-0.4, -0.2) is 10.5 Å². The summed E-state index contributed by atoms with van der Waals surface area (Å²) < 4.78 is 0. The third kappa shape index (κ3) is 4.27. The van der Waals surface area contributed by atoms with Crippen LogP contribution >= 0.6 is 0 Å². The first kappa shape index (κ1) is 31.0. The Bertz CT molecular complexity index is 2410. The van der Waals surface area contributed by atoms with E-state index >= 15 is 0 Å². The van der Waals surface area contributed by atoms with Crippen LogP contribution in [0.3, 0.4) is 0 Å². The summed E-state index contributed by atoms with van der Waals surface area (Å²) in [5.41, 5.74) is 15.8. The molecule has 2 heteroatoms. The summed E-state index contributed by atoms with van der Waals surface area (Å²) in [4.78, 5) is 8.06. The monoisotopic (exact) mass is 670 g/mol. The zero-order chi connectivity index (χ0) is 34.9. The molecule has 2 atom stereocenters. The van der Waals surface area contributed by atoms with Crippen molar-refractivity contribution in [3.8, 4) is 33.6 Å². The van der Waals surface area contributed by atoms with Crippen LogP contribution in [0.25, 0.3) is 33.6 Å². The average Bonchev–Trinajstić information content (AvgIpc) is 3.62. The fourth-order valence-electron chi connectivity index (χ4n) is 10.2. The fourth-order valence-corrected chi connectivity index (χ4v) is 10.2. The van der Waals surface area contributed by atoms with Gasteiger partial charge in [0, 0.05) is 27.9 Å². The number of rotatable bonds is 5. The maximum Gasteiger partial charge on any atom is 0.0713 e. The molecule has 3 aliphatic rings. The first-order valence-corrected chi connectivity index (χ1v) is 18.9. The van der Waals surface area contributed by atoms with Crippen LogP contribution < -0.4 is 4.90 Å². The molecule has 0 radical (unpaired) electrons. The van der Waals surface area contributed by atoms with Crippen LogP contribution in [0.5, 0.6) is 0 Å². The number of aromatic nitrogens is 1. The molecule has 0 N–H and O–H groups in total. The van der Waals surface area contributed by atoms with E-state index in [2.05, 4.69) is 189 Å². The van der Waals surface area contributed by atoms with Crippen molar-refractivity contribution < 1.29 is 0 Å². The minimum atomic E-state index is -0.436. The highest BCUT2D eigenvalue weighted by atomic mass is 15.3. The number of nitrogens with zero attached hydrogens (tertiary/aromatic N) is 2. The summed E-state index contributed by atoms with van der Waals surface area (Å²) in [6, 6.07) is 62.6. The molecule has 0 bridgehead atoms. The second-order valence-electron chi connectivity index (χ2n) is 15.4. The zero-order valence-corrected chi connectivity index (χ0v) is 29.9. The molecule has 52 heavy (non-hydrogen) atoms. The topological polar surface area (TPSA) is 16.1 Å². The van der Waals surface area contributed by atoms with Crippen molar-refractivity contribution >= 4 is 11.4 Å². The van der Waals surface area contributed by atoms with Gasteiger partial charge in [-0.25, -0.2) is 4.98 Å². The van der Waals surface area contributed by atoms with Crippen molar-refractivity contribution in [3.63, 3.8) is 0 Å². The maximum atomic E-state index is 5.41. The molecule has 1 aromatic heterocycles. The smallest absolute Gasteiger partial charge is 0.0713 e. The summed E-state index contributed by atoms with van der Waals surface area (Å²) in [6.45, 7) is 5.00. The molecule has 1 saturated carbocycles. The van der Waals surface area contributed by atoms with Crippen molar-refractivity contribution in [2.24, 2.45) is 0 Å². The maximum absolute atomic E-state index is 5.41. The van der Waals surface area contributed by atoms with Crippen molar-refractivity contribution in [2.45, 2.75) is 55.9 Å². The Balaban J connectivity index is 1.11. The molecule has 6 aromatic carbocycles. The van der Waals surface area contributed by atoms with E-state index in [0.717, 1.165) is 17.0 Å². The second-order valence-corrected chi connectivity index (χ2v) is 15.4. The van der Waals surface area contributed by atoms with Gasteiger partial charge in [0.1, 0.15) is 0 Å². The Morgan fingerprint density at radius 3 is 1.73 bits per heavy atom. The number of benzene rings is 6. The molecule has 7 aromatic rings. The first-order chi connectivity index (χ1) is 25.5. The number of hydrogen-bond donors (Lipinski definition) is 0. The number of fused-ring (bicyclic) bond motifs is 6. The molecule has 2 heterocycles. The van der Waals surface area contributed by atoms with Gasteiger partial charge >= 0.3 is 0 Å². The highest BCUT2D eigenvalue weighted by Crippen LogP contribution is 2.61. The first-order valence-electron chi connectivity index (χ1n) is 18.9. The molecule has 10 rings (SSSR count). The van der Waals surface area contributed by atoms with E-state index < -0.39 is 5.41 Å². The third-order valence-corrected chi connectivity index (χ3v) is 12.9. The summed E-state index contributed by atoms with van der Waals surface area (Å²) in [6.07, 6.45) is 4.91. The van der Waals surface area contributed by atoms with Crippen molar-refractivity contribution in [1.29, 1.82) is 0 Å². The van der Waals surface area contributed by atoms with Crippen LogP contribution in [-0.2, 0) is 10.8 Å². The van der Waals surface area contributed by atoms with Crippen molar-refractivity contribution in [3.05, 3.63) is 198 Å². The Morgan fingerprint density at radius 2 is 1.04 bits per heavy atom. The fraction of sp³-hybridized carbons (Fsp3) is 0.180. The van der Waals surface area contributed by atoms with E-state index in [1.165, 1.54) is 81.6 Å². The van der Waals surface area contributed by atoms with Gasteiger partial charge in [0.2, 0.25) is 0 Å². The predicted octanol–water partition coefficient (Wildman–Crippen LogP) is 12.5. The molecule has 0 amide bonds. The minimum Gasteiger partial charge on any atom is -0.334 e.